The molecule has 3 aliphatic heterocycles. The summed E-state index contributed by atoms with van der Waals surface area (Å²) in [5.74, 6) is 1.85. The molecule has 0 spiro atoms. The Morgan fingerprint density at radius 3 is 2.90 bits per heavy atom. The minimum absolute atomic E-state index is 0.0781. The Morgan fingerprint density at radius 1 is 1.20 bits per heavy atom. The summed E-state index contributed by atoms with van der Waals surface area (Å²) in [5.41, 5.74) is 4.07. The van der Waals surface area contributed by atoms with Gasteiger partial charge in [0.1, 0.15) is 28.1 Å². The van der Waals surface area contributed by atoms with Gasteiger partial charge in [-0.3, -0.25) is 9.59 Å². The third-order valence-corrected chi connectivity index (χ3v) is 10.3. The molecule has 10 nitrogen and oxygen atoms in total. The number of rotatable bonds is 7. The fraction of sp³-hybridized carbons (Fsp3) is 0.370. The molecule has 1 amide bonds. The van der Waals surface area contributed by atoms with Crippen LogP contribution in [0.2, 0.25) is 0 Å². The van der Waals surface area contributed by atoms with Crippen molar-refractivity contribution in [2.45, 2.75) is 25.2 Å². The summed E-state index contributed by atoms with van der Waals surface area (Å²) in [6, 6.07) is 5.74. The first-order valence-corrected chi connectivity index (χ1v) is 15.7. The number of nitrogens with zero attached hydrogens (tertiary/aromatic N) is 2. The molecule has 40 heavy (non-hydrogen) atoms. The fourth-order valence-corrected chi connectivity index (χ4v) is 8.07. The summed E-state index contributed by atoms with van der Waals surface area (Å²) >= 11 is 4.68. The number of hydrogen-bond acceptors (Lipinski definition) is 12. The molecule has 0 saturated carbocycles. The molecule has 0 aliphatic carbocycles. The number of aromatic nitrogens is 1. The second kappa shape index (κ2) is 10.6. The molecule has 7 rings (SSSR count). The quantitative estimate of drug-likeness (QED) is 0.250. The van der Waals surface area contributed by atoms with E-state index in [1.807, 2.05) is 13.0 Å². The summed E-state index contributed by atoms with van der Waals surface area (Å²) in [6.45, 7) is 5.48. The molecule has 208 valence electrons. The van der Waals surface area contributed by atoms with Crippen molar-refractivity contribution in [3.05, 3.63) is 46.4 Å². The third-order valence-electron chi connectivity index (χ3n) is 7.35. The van der Waals surface area contributed by atoms with E-state index in [2.05, 4.69) is 31.3 Å². The second-order valence-electron chi connectivity index (χ2n) is 9.99. The Kier molecular flexibility index (Phi) is 6.82. The molecule has 3 N–H and O–H groups in total. The van der Waals surface area contributed by atoms with Crippen LogP contribution < -0.4 is 30.4 Å². The lowest BCUT2D eigenvalue weighted by Gasteiger charge is -2.27. The molecule has 13 heteroatoms. The number of amides is 1. The van der Waals surface area contributed by atoms with E-state index in [1.165, 1.54) is 11.3 Å². The number of fused-ring (bicyclic) bond motifs is 2. The number of nitrogens with one attached hydrogen (secondary N) is 3. The van der Waals surface area contributed by atoms with Gasteiger partial charge in [-0.05, 0) is 24.9 Å². The van der Waals surface area contributed by atoms with Crippen LogP contribution in [0.1, 0.15) is 18.9 Å². The van der Waals surface area contributed by atoms with Crippen LogP contribution in [0.4, 0.5) is 21.4 Å². The van der Waals surface area contributed by atoms with Gasteiger partial charge in [0.2, 0.25) is 11.3 Å². The lowest BCUT2D eigenvalue weighted by atomic mass is 10.0. The van der Waals surface area contributed by atoms with E-state index in [9.17, 15) is 9.59 Å². The molecule has 0 radical (unpaired) electrons. The van der Waals surface area contributed by atoms with Gasteiger partial charge in [0.05, 0.1) is 40.4 Å². The summed E-state index contributed by atoms with van der Waals surface area (Å²) in [5, 5.41) is 8.92. The number of carbonyl (C=O) groups excluding carboxylic acids is 1. The Morgan fingerprint density at radius 2 is 2.08 bits per heavy atom. The van der Waals surface area contributed by atoms with Gasteiger partial charge in [0.15, 0.2) is 5.58 Å². The average Bonchev–Trinajstić information content (AvgIpc) is 3.76. The van der Waals surface area contributed by atoms with E-state index in [1.54, 1.807) is 41.8 Å². The number of morpholine rings is 1. The lowest BCUT2D eigenvalue weighted by Crippen LogP contribution is -2.36. The molecule has 0 bridgehead atoms. The molecule has 6 heterocycles. The topological polar surface area (TPSA) is 118 Å². The number of ether oxygens (including phenoxy) is 2. The van der Waals surface area contributed by atoms with Crippen LogP contribution in [0, 0.1) is 5.92 Å². The van der Waals surface area contributed by atoms with Gasteiger partial charge < -0.3 is 34.1 Å². The fourth-order valence-electron chi connectivity index (χ4n) is 5.12. The van der Waals surface area contributed by atoms with Gasteiger partial charge in [-0.2, -0.15) is 0 Å². The van der Waals surface area contributed by atoms with Gasteiger partial charge in [-0.25, -0.2) is 4.98 Å². The summed E-state index contributed by atoms with van der Waals surface area (Å²) in [4.78, 5) is 31.4. The summed E-state index contributed by atoms with van der Waals surface area (Å²) in [6.07, 6.45) is 3.81. The van der Waals surface area contributed by atoms with Crippen molar-refractivity contribution in [2.75, 3.05) is 47.8 Å². The molecule has 2 atom stereocenters. The second-order valence-corrected chi connectivity index (χ2v) is 12.8. The molecule has 2 saturated heterocycles. The Labute approximate surface area is 242 Å². The lowest BCUT2D eigenvalue weighted by molar-refractivity contribution is -0.119. The zero-order valence-electron chi connectivity index (χ0n) is 21.7. The van der Waals surface area contributed by atoms with E-state index in [0.29, 0.717) is 31.8 Å². The Balaban J connectivity index is 1.14. The van der Waals surface area contributed by atoms with E-state index in [0.717, 1.165) is 66.8 Å². The van der Waals surface area contributed by atoms with Crippen molar-refractivity contribution in [3.63, 3.8) is 0 Å². The predicted molar refractivity (Wildman–Crippen MR) is 160 cm³/mol. The zero-order chi connectivity index (χ0) is 27.2. The number of hydrogen-bond donors (Lipinski definition) is 3. The number of carbonyl (C=O) groups is 1. The molecule has 3 aromatic heterocycles. The molecular formula is C27H27N5O5S3. The Hall–Kier alpha value is -3.26. The smallest absolute Gasteiger partial charge is 0.225 e. The number of thiazole rings is 1. The highest BCUT2D eigenvalue weighted by molar-refractivity contribution is 8.00. The van der Waals surface area contributed by atoms with Gasteiger partial charge in [-0.1, -0.05) is 11.3 Å². The largest absolute Gasteiger partial charge is 0.490 e. The maximum atomic E-state index is 12.8. The minimum Gasteiger partial charge on any atom is -0.490 e. The van der Waals surface area contributed by atoms with Crippen LogP contribution in [0.3, 0.4) is 0 Å². The van der Waals surface area contributed by atoms with Crippen molar-refractivity contribution >= 4 is 72.2 Å². The molecule has 1 aromatic carbocycles. The van der Waals surface area contributed by atoms with Crippen molar-refractivity contribution < 1.29 is 18.7 Å². The normalized spacial score (nSPS) is 19.4. The van der Waals surface area contributed by atoms with Gasteiger partial charge in [-0.15, -0.1) is 11.3 Å². The van der Waals surface area contributed by atoms with Crippen LogP contribution in [0.15, 0.2) is 39.9 Å². The van der Waals surface area contributed by atoms with Crippen molar-refractivity contribution in [3.8, 4) is 16.3 Å². The standard InChI is InChI=1S/C27H27N5O5S3/c1-14(15-6-22(34)28-10-15)37-21-8-16(7-19-18(21)13-38-31-19)30-23-11-29-27(39-23)17-12-36-25-20(33)9-24(40-26(17)25)32-2-4-35-5-3-32/h7-9,11-12,14-15,30-31H,2-6,10,13H2,1H3,(H,28,34)/t14-,15-/m0/s1. The average molecular weight is 598 g/mol. The summed E-state index contributed by atoms with van der Waals surface area (Å²) < 4.78 is 21.7. The number of benzene rings is 1. The first kappa shape index (κ1) is 25.7. The van der Waals surface area contributed by atoms with Crippen LogP contribution in [0.5, 0.6) is 5.75 Å². The van der Waals surface area contributed by atoms with E-state index in [-0.39, 0.29) is 23.4 Å². The monoisotopic (exact) mass is 597 g/mol. The first-order valence-electron chi connectivity index (χ1n) is 13.1. The van der Waals surface area contributed by atoms with Crippen molar-refractivity contribution in [1.82, 2.24) is 10.3 Å². The third kappa shape index (κ3) is 4.91. The number of anilines is 4. The predicted octanol–water partition coefficient (Wildman–Crippen LogP) is 5.04. The van der Waals surface area contributed by atoms with Crippen molar-refractivity contribution in [1.29, 1.82) is 0 Å². The number of furan rings is 1. The Bertz CT molecular complexity index is 1640. The minimum atomic E-state index is -0.126. The molecule has 0 unspecified atom stereocenters. The highest BCUT2D eigenvalue weighted by Gasteiger charge is 2.29. The van der Waals surface area contributed by atoms with Crippen LogP contribution in [-0.4, -0.2) is 49.8 Å². The van der Waals surface area contributed by atoms with Gasteiger partial charge in [0, 0.05) is 61.1 Å². The molecule has 2 fully saturated rings. The van der Waals surface area contributed by atoms with E-state index < -0.39 is 0 Å². The maximum Gasteiger partial charge on any atom is 0.225 e. The highest BCUT2D eigenvalue weighted by Crippen LogP contribution is 2.43. The summed E-state index contributed by atoms with van der Waals surface area (Å²) in [7, 11) is 0. The van der Waals surface area contributed by atoms with E-state index in [4.69, 9.17) is 13.9 Å². The first-order chi connectivity index (χ1) is 19.5. The van der Waals surface area contributed by atoms with Crippen molar-refractivity contribution in [2.24, 2.45) is 5.92 Å². The van der Waals surface area contributed by atoms with Gasteiger partial charge in [0.25, 0.3) is 0 Å². The molecule has 4 aromatic rings. The SMILES string of the molecule is C[C@H](Oc1cc(Nc2cnc(-c3coc4c(=O)cc(N5CCOCC5)sc34)s2)cc2c1CSN2)[C@@H]1CNC(=O)C1. The van der Waals surface area contributed by atoms with Crippen LogP contribution >= 0.6 is 34.6 Å². The highest BCUT2D eigenvalue weighted by atomic mass is 32.2. The maximum absolute atomic E-state index is 12.8. The van der Waals surface area contributed by atoms with E-state index >= 15 is 0 Å². The van der Waals surface area contributed by atoms with Gasteiger partial charge >= 0.3 is 0 Å². The zero-order valence-corrected chi connectivity index (χ0v) is 24.1. The molecular weight excluding hydrogens is 571 g/mol. The molecule has 3 aliphatic rings. The van der Waals surface area contributed by atoms with Crippen LogP contribution in [0.25, 0.3) is 20.9 Å². The van der Waals surface area contributed by atoms with Crippen LogP contribution in [-0.2, 0) is 15.3 Å².